The third-order valence-electron chi connectivity index (χ3n) is 6.54. The van der Waals surface area contributed by atoms with E-state index in [9.17, 15) is 4.79 Å². The summed E-state index contributed by atoms with van der Waals surface area (Å²) in [6.45, 7) is 3.10. The van der Waals surface area contributed by atoms with Gasteiger partial charge in [-0.15, -0.1) is 0 Å². The van der Waals surface area contributed by atoms with E-state index in [1.807, 2.05) is 6.92 Å². The zero-order valence-corrected chi connectivity index (χ0v) is 19.9. The lowest BCUT2D eigenvalue weighted by atomic mass is 9.83. The van der Waals surface area contributed by atoms with E-state index in [2.05, 4.69) is 41.4 Å². The molecule has 1 aromatic carbocycles. The molecule has 4 rings (SSSR count). The first-order valence-electron chi connectivity index (χ1n) is 11.3. The Morgan fingerprint density at radius 3 is 2.56 bits per heavy atom. The average Bonchev–Trinajstić information content (AvgIpc) is 3.23. The molecule has 0 bridgehead atoms. The molecule has 1 fully saturated rings. The van der Waals surface area contributed by atoms with Gasteiger partial charge in [0.2, 0.25) is 0 Å². The van der Waals surface area contributed by atoms with E-state index in [0.29, 0.717) is 24.3 Å². The van der Waals surface area contributed by atoms with Gasteiger partial charge < -0.3 is 14.2 Å². The van der Waals surface area contributed by atoms with Gasteiger partial charge in [0.1, 0.15) is 0 Å². The highest BCUT2D eigenvalue weighted by Crippen LogP contribution is 2.37. The van der Waals surface area contributed by atoms with Crippen LogP contribution >= 0.6 is 11.3 Å². The average molecular weight is 457 g/mol. The molecule has 6 nitrogen and oxygen atoms in total. The number of hydrogen-bond acceptors (Lipinski definition) is 6. The Labute approximate surface area is 194 Å². The van der Waals surface area contributed by atoms with E-state index in [0.717, 1.165) is 48.2 Å². The van der Waals surface area contributed by atoms with Crippen molar-refractivity contribution in [3.63, 3.8) is 0 Å². The molecule has 2 aromatic rings. The molecular weight excluding hydrogens is 424 g/mol. The molecule has 1 aromatic heterocycles. The maximum Gasteiger partial charge on any atom is 0.410 e. The van der Waals surface area contributed by atoms with Crippen molar-refractivity contribution in [3.8, 4) is 5.19 Å². The summed E-state index contributed by atoms with van der Waals surface area (Å²) in [7, 11) is 3.06. The number of carbonyl (C=O) groups excluding carboxylic acids is 1. The summed E-state index contributed by atoms with van der Waals surface area (Å²) in [6.07, 6.45) is 7.17. The number of aromatic nitrogens is 1. The van der Waals surface area contributed by atoms with Gasteiger partial charge in [0.25, 0.3) is 5.19 Å². The standard InChI is InChI=1S/C25H32N2O4S/c1-17-23(26-24(29-2)32-17)21-10-7-15-27(25(28)30-3)22(21)16-31-20-13-11-19(12-14-20)18-8-5-4-6-9-18/h4-6,8-10,19-20,22H,7,11-16H2,1-3H3. The predicted octanol–water partition coefficient (Wildman–Crippen LogP) is 5.43. The maximum atomic E-state index is 12.5. The second-order valence-corrected chi connectivity index (χ2v) is 9.60. The van der Waals surface area contributed by atoms with Gasteiger partial charge in [-0.3, -0.25) is 4.90 Å². The van der Waals surface area contributed by atoms with Crippen LogP contribution in [-0.4, -0.2) is 55.5 Å². The van der Waals surface area contributed by atoms with Gasteiger partial charge >= 0.3 is 6.09 Å². The van der Waals surface area contributed by atoms with Crippen LogP contribution in [0.2, 0.25) is 0 Å². The highest BCUT2D eigenvalue weighted by molar-refractivity contribution is 7.13. The molecule has 1 unspecified atom stereocenters. The molecule has 0 radical (unpaired) electrons. The summed E-state index contributed by atoms with van der Waals surface area (Å²) in [5.41, 5.74) is 3.34. The van der Waals surface area contributed by atoms with Crippen molar-refractivity contribution in [2.75, 3.05) is 27.4 Å². The van der Waals surface area contributed by atoms with E-state index in [-0.39, 0.29) is 18.2 Å². The Bertz CT molecular complexity index is 935. The zero-order chi connectivity index (χ0) is 22.5. The first-order valence-corrected chi connectivity index (χ1v) is 12.1. The third-order valence-corrected chi connectivity index (χ3v) is 7.47. The van der Waals surface area contributed by atoms with Gasteiger partial charge in [-0.2, -0.15) is 0 Å². The normalized spacial score (nSPS) is 23.5. The van der Waals surface area contributed by atoms with E-state index in [4.69, 9.17) is 14.2 Å². The molecule has 0 saturated heterocycles. The minimum Gasteiger partial charge on any atom is -0.473 e. The second kappa shape index (κ2) is 10.5. The Morgan fingerprint density at radius 1 is 1.16 bits per heavy atom. The minimum absolute atomic E-state index is 0.212. The first kappa shape index (κ1) is 22.8. The molecule has 7 heteroatoms. The van der Waals surface area contributed by atoms with Crippen molar-refractivity contribution >= 4 is 23.0 Å². The fourth-order valence-electron chi connectivity index (χ4n) is 4.83. The van der Waals surface area contributed by atoms with Gasteiger partial charge in [0.15, 0.2) is 0 Å². The third kappa shape index (κ3) is 4.99. The van der Waals surface area contributed by atoms with Crippen LogP contribution in [-0.2, 0) is 9.47 Å². The van der Waals surface area contributed by atoms with Gasteiger partial charge in [0, 0.05) is 17.0 Å². The molecular formula is C25H32N2O4S. The van der Waals surface area contributed by atoms with Crippen LogP contribution in [0.4, 0.5) is 4.79 Å². The van der Waals surface area contributed by atoms with E-state index in [1.165, 1.54) is 24.0 Å². The topological polar surface area (TPSA) is 60.9 Å². The van der Waals surface area contributed by atoms with Gasteiger partial charge in [0.05, 0.1) is 38.7 Å². The lowest BCUT2D eigenvalue weighted by Gasteiger charge is -2.37. The minimum atomic E-state index is -0.322. The summed E-state index contributed by atoms with van der Waals surface area (Å²) < 4.78 is 16.8. The first-order chi connectivity index (χ1) is 15.6. The fourth-order valence-corrected chi connectivity index (χ4v) is 5.57. The highest BCUT2D eigenvalue weighted by Gasteiger charge is 2.34. The van der Waals surface area contributed by atoms with Crippen LogP contribution in [0.15, 0.2) is 36.4 Å². The lowest BCUT2D eigenvalue weighted by Crippen LogP contribution is -2.47. The van der Waals surface area contributed by atoms with Crippen LogP contribution < -0.4 is 4.74 Å². The van der Waals surface area contributed by atoms with Gasteiger partial charge in [-0.05, 0) is 50.5 Å². The quantitative estimate of drug-likeness (QED) is 0.580. The molecule has 2 heterocycles. The molecule has 2 aliphatic rings. The van der Waals surface area contributed by atoms with Crippen LogP contribution in [0.1, 0.15) is 54.2 Å². The summed E-state index contributed by atoms with van der Waals surface area (Å²) in [4.78, 5) is 20.0. The molecule has 1 aliphatic heterocycles. The molecule has 1 saturated carbocycles. The Morgan fingerprint density at radius 2 is 1.91 bits per heavy atom. The monoisotopic (exact) mass is 456 g/mol. The molecule has 1 atom stereocenters. The number of ether oxygens (including phenoxy) is 3. The smallest absolute Gasteiger partial charge is 0.410 e. The summed E-state index contributed by atoms with van der Waals surface area (Å²) >= 11 is 1.52. The lowest BCUT2D eigenvalue weighted by molar-refractivity contribution is 0.000156. The number of aryl methyl sites for hydroxylation is 1. The number of benzene rings is 1. The van der Waals surface area contributed by atoms with Crippen molar-refractivity contribution in [2.24, 2.45) is 0 Å². The fraction of sp³-hybridized carbons (Fsp3) is 0.520. The van der Waals surface area contributed by atoms with Gasteiger partial charge in [-0.1, -0.05) is 47.7 Å². The number of hydrogen-bond donors (Lipinski definition) is 0. The highest BCUT2D eigenvalue weighted by atomic mass is 32.1. The SMILES string of the molecule is COC(=O)N1CCC=C(c2nc(OC)sc2C)C1COC1CCC(c2ccccc2)CC1. The van der Waals surface area contributed by atoms with Crippen molar-refractivity contribution in [2.45, 2.75) is 57.1 Å². The van der Waals surface area contributed by atoms with Gasteiger partial charge in [-0.25, -0.2) is 9.78 Å². The zero-order valence-electron chi connectivity index (χ0n) is 19.1. The van der Waals surface area contributed by atoms with Crippen molar-refractivity contribution < 1.29 is 19.0 Å². The number of amides is 1. The Balaban J connectivity index is 1.44. The summed E-state index contributed by atoms with van der Waals surface area (Å²) in [5.74, 6) is 0.609. The van der Waals surface area contributed by atoms with Crippen LogP contribution in [0.25, 0.3) is 5.57 Å². The number of carbonyl (C=O) groups is 1. The van der Waals surface area contributed by atoms with E-state index >= 15 is 0 Å². The van der Waals surface area contributed by atoms with Crippen LogP contribution in [0, 0.1) is 6.92 Å². The van der Waals surface area contributed by atoms with Crippen LogP contribution in [0.5, 0.6) is 5.19 Å². The largest absolute Gasteiger partial charge is 0.473 e. The van der Waals surface area contributed by atoms with Crippen molar-refractivity contribution in [1.29, 1.82) is 0 Å². The maximum absolute atomic E-state index is 12.5. The number of methoxy groups -OCH3 is 2. The molecule has 0 spiro atoms. The predicted molar refractivity (Wildman–Crippen MR) is 126 cm³/mol. The number of rotatable bonds is 6. The summed E-state index contributed by atoms with van der Waals surface area (Å²) in [6, 6.07) is 10.5. The van der Waals surface area contributed by atoms with E-state index < -0.39 is 0 Å². The van der Waals surface area contributed by atoms with E-state index in [1.54, 1.807) is 12.0 Å². The molecule has 1 amide bonds. The molecule has 32 heavy (non-hydrogen) atoms. The molecule has 172 valence electrons. The van der Waals surface area contributed by atoms with Crippen LogP contribution in [0.3, 0.4) is 0 Å². The molecule has 0 N–H and O–H groups in total. The van der Waals surface area contributed by atoms with Crippen molar-refractivity contribution in [1.82, 2.24) is 9.88 Å². The number of thiazole rings is 1. The Kier molecular flexibility index (Phi) is 7.48. The van der Waals surface area contributed by atoms with Crippen molar-refractivity contribution in [3.05, 3.63) is 52.5 Å². The number of nitrogens with zero attached hydrogens (tertiary/aromatic N) is 2. The Hall–Kier alpha value is -2.38. The summed E-state index contributed by atoms with van der Waals surface area (Å²) in [5, 5.41) is 0.632. The second-order valence-electron chi connectivity index (χ2n) is 8.43. The molecule has 1 aliphatic carbocycles.